The molecule has 2 nitrogen and oxygen atoms in total. The summed E-state index contributed by atoms with van der Waals surface area (Å²) in [6.45, 7) is 13.8. The number of unbranched alkanes of at least 4 members (excludes halogenated alkanes) is 1. The maximum Gasteiger partial charge on any atom is 0.0143 e. The highest BCUT2D eigenvalue weighted by atomic mass is 14.9. The predicted octanol–water partition coefficient (Wildman–Crippen LogP) is 4.30. The molecule has 2 N–H and O–H groups in total. The van der Waals surface area contributed by atoms with Crippen LogP contribution in [-0.2, 0) is 0 Å². The molecule has 0 aliphatic rings. The molecule has 0 spiro atoms. The molecule has 0 atom stereocenters. The van der Waals surface area contributed by atoms with Gasteiger partial charge in [0.1, 0.15) is 0 Å². The second-order valence-corrected chi connectivity index (χ2v) is 4.83. The molecular formula is C17H30N2. The van der Waals surface area contributed by atoms with Gasteiger partial charge in [-0.25, -0.2) is 0 Å². The van der Waals surface area contributed by atoms with E-state index in [-0.39, 0.29) is 0 Å². The monoisotopic (exact) mass is 262 g/mol. The Bertz CT molecular complexity index is 359. The Morgan fingerprint density at radius 2 is 1.84 bits per heavy atom. The lowest BCUT2D eigenvalue weighted by Crippen LogP contribution is -2.12. The van der Waals surface area contributed by atoms with Gasteiger partial charge in [-0.1, -0.05) is 32.9 Å². The van der Waals surface area contributed by atoms with Crippen LogP contribution in [0.25, 0.3) is 0 Å². The standard InChI is InChI=1S/C17H30N2/c1-7-9-10-19-16(5)12-15(4)17(8-2)11-14(3)13-18-6/h11-13,18-19H,4,7-10H2,1-3,5-6H3/b14-13-,16-12+,17-11-. The third-order valence-electron chi connectivity index (χ3n) is 2.89. The van der Waals surface area contributed by atoms with E-state index >= 15 is 0 Å². The molecular weight excluding hydrogens is 232 g/mol. The Hall–Kier alpha value is -1.44. The summed E-state index contributed by atoms with van der Waals surface area (Å²) in [6, 6.07) is 0. The highest BCUT2D eigenvalue weighted by molar-refractivity contribution is 5.42. The fourth-order valence-electron chi connectivity index (χ4n) is 1.83. The summed E-state index contributed by atoms with van der Waals surface area (Å²) < 4.78 is 0. The van der Waals surface area contributed by atoms with Crippen LogP contribution in [0.2, 0.25) is 0 Å². The van der Waals surface area contributed by atoms with Crippen molar-refractivity contribution in [2.45, 2.75) is 47.0 Å². The molecule has 0 heterocycles. The molecule has 0 aromatic carbocycles. The van der Waals surface area contributed by atoms with Crippen molar-refractivity contribution in [3.63, 3.8) is 0 Å². The molecule has 19 heavy (non-hydrogen) atoms. The van der Waals surface area contributed by atoms with Crippen LogP contribution in [0, 0.1) is 0 Å². The molecule has 0 aromatic rings. The Labute approximate surface area is 119 Å². The van der Waals surface area contributed by atoms with Crippen molar-refractivity contribution in [1.29, 1.82) is 0 Å². The summed E-state index contributed by atoms with van der Waals surface area (Å²) in [5.74, 6) is 0. The average Bonchev–Trinajstić information content (AvgIpc) is 2.36. The van der Waals surface area contributed by atoms with Gasteiger partial charge in [0.2, 0.25) is 0 Å². The molecule has 0 saturated carbocycles. The first kappa shape index (κ1) is 17.6. The predicted molar refractivity (Wildman–Crippen MR) is 87.0 cm³/mol. The van der Waals surface area contributed by atoms with Crippen LogP contribution in [0.15, 0.2) is 47.3 Å². The third-order valence-corrected chi connectivity index (χ3v) is 2.89. The van der Waals surface area contributed by atoms with Crippen molar-refractivity contribution in [3.8, 4) is 0 Å². The molecule has 0 unspecified atom stereocenters. The minimum atomic E-state index is 0.993. The molecule has 0 aliphatic heterocycles. The zero-order valence-electron chi connectivity index (χ0n) is 13.3. The first-order chi connectivity index (χ1) is 9.04. The van der Waals surface area contributed by atoms with Crippen molar-refractivity contribution < 1.29 is 0 Å². The van der Waals surface area contributed by atoms with Crippen LogP contribution in [0.3, 0.4) is 0 Å². The zero-order chi connectivity index (χ0) is 14.7. The summed E-state index contributed by atoms with van der Waals surface area (Å²) >= 11 is 0. The second kappa shape index (κ2) is 10.5. The Morgan fingerprint density at radius 3 is 2.37 bits per heavy atom. The summed E-state index contributed by atoms with van der Waals surface area (Å²) in [5.41, 5.74) is 4.77. The number of hydrogen-bond donors (Lipinski definition) is 2. The minimum absolute atomic E-state index is 0.993. The molecule has 0 aromatic heterocycles. The lowest BCUT2D eigenvalue weighted by Gasteiger charge is -2.09. The largest absolute Gasteiger partial charge is 0.394 e. The average molecular weight is 262 g/mol. The van der Waals surface area contributed by atoms with E-state index in [2.05, 4.69) is 57.1 Å². The summed E-state index contributed by atoms with van der Waals surface area (Å²) in [4.78, 5) is 0. The van der Waals surface area contributed by atoms with E-state index < -0.39 is 0 Å². The Morgan fingerprint density at radius 1 is 1.16 bits per heavy atom. The van der Waals surface area contributed by atoms with Gasteiger partial charge in [-0.2, -0.15) is 0 Å². The summed E-state index contributed by atoms with van der Waals surface area (Å²) in [6.07, 6.45) is 9.74. The molecule has 0 fully saturated rings. The van der Waals surface area contributed by atoms with Crippen molar-refractivity contribution in [2.24, 2.45) is 0 Å². The first-order valence-corrected chi connectivity index (χ1v) is 7.21. The molecule has 108 valence electrons. The van der Waals surface area contributed by atoms with Crippen molar-refractivity contribution >= 4 is 0 Å². The maximum absolute atomic E-state index is 4.17. The van der Waals surface area contributed by atoms with Gasteiger partial charge in [0.15, 0.2) is 0 Å². The van der Waals surface area contributed by atoms with E-state index in [1.807, 2.05) is 13.2 Å². The van der Waals surface area contributed by atoms with E-state index in [0.29, 0.717) is 0 Å². The van der Waals surface area contributed by atoms with E-state index in [9.17, 15) is 0 Å². The number of rotatable bonds is 9. The van der Waals surface area contributed by atoms with Gasteiger partial charge in [0, 0.05) is 19.3 Å². The minimum Gasteiger partial charge on any atom is -0.394 e. The van der Waals surface area contributed by atoms with Crippen molar-refractivity contribution in [1.82, 2.24) is 10.6 Å². The molecule has 2 heteroatoms. The molecule has 0 amide bonds. The fourth-order valence-corrected chi connectivity index (χ4v) is 1.83. The Balaban J connectivity index is 4.67. The Kier molecular flexibility index (Phi) is 9.69. The summed E-state index contributed by atoms with van der Waals surface area (Å²) in [5, 5.41) is 6.46. The van der Waals surface area contributed by atoms with Crippen LogP contribution < -0.4 is 10.6 Å². The number of hydrogen-bond acceptors (Lipinski definition) is 2. The molecule has 0 radical (unpaired) electrons. The zero-order valence-corrected chi connectivity index (χ0v) is 13.3. The fraction of sp³-hybridized carbons (Fsp3) is 0.529. The first-order valence-electron chi connectivity index (χ1n) is 7.21. The molecule has 0 bridgehead atoms. The normalized spacial score (nSPS) is 13.4. The smallest absolute Gasteiger partial charge is 0.0143 e. The van der Waals surface area contributed by atoms with E-state index in [1.54, 1.807) is 0 Å². The highest BCUT2D eigenvalue weighted by Gasteiger charge is 1.99. The van der Waals surface area contributed by atoms with Gasteiger partial charge in [-0.05, 0) is 55.7 Å². The van der Waals surface area contributed by atoms with Gasteiger partial charge in [0.25, 0.3) is 0 Å². The maximum atomic E-state index is 4.17. The van der Waals surface area contributed by atoms with Gasteiger partial charge in [-0.3, -0.25) is 0 Å². The lowest BCUT2D eigenvalue weighted by atomic mass is 10.0. The lowest BCUT2D eigenvalue weighted by molar-refractivity contribution is 0.710. The summed E-state index contributed by atoms with van der Waals surface area (Å²) in [7, 11) is 1.92. The third kappa shape index (κ3) is 8.30. The topological polar surface area (TPSA) is 24.1 Å². The highest BCUT2D eigenvalue weighted by Crippen LogP contribution is 2.16. The van der Waals surface area contributed by atoms with E-state index in [0.717, 1.165) is 18.5 Å². The molecule has 0 aliphatic carbocycles. The van der Waals surface area contributed by atoms with Gasteiger partial charge < -0.3 is 10.6 Å². The van der Waals surface area contributed by atoms with Crippen molar-refractivity contribution in [2.75, 3.05) is 13.6 Å². The number of nitrogens with one attached hydrogen (secondary N) is 2. The van der Waals surface area contributed by atoms with Crippen LogP contribution in [0.5, 0.6) is 0 Å². The quantitative estimate of drug-likeness (QED) is 0.478. The van der Waals surface area contributed by atoms with Crippen LogP contribution >= 0.6 is 0 Å². The SMILES string of the molecule is C=C(/C=C(\C)NCCCC)/C(=C\C(C)=C/NC)CC. The van der Waals surface area contributed by atoms with E-state index in [4.69, 9.17) is 0 Å². The van der Waals surface area contributed by atoms with Crippen LogP contribution in [0.1, 0.15) is 47.0 Å². The van der Waals surface area contributed by atoms with E-state index in [1.165, 1.54) is 29.7 Å². The van der Waals surface area contributed by atoms with Gasteiger partial charge >= 0.3 is 0 Å². The van der Waals surface area contributed by atoms with Gasteiger partial charge in [0.05, 0.1) is 0 Å². The van der Waals surface area contributed by atoms with Crippen LogP contribution in [0.4, 0.5) is 0 Å². The van der Waals surface area contributed by atoms with Crippen LogP contribution in [-0.4, -0.2) is 13.6 Å². The molecule has 0 saturated heterocycles. The number of allylic oxidation sites excluding steroid dienone is 6. The van der Waals surface area contributed by atoms with Gasteiger partial charge in [-0.15, -0.1) is 0 Å². The molecule has 0 rings (SSSR count). The van der Waals surface area contributed by atoms with Crippen molar-refractivity contribution in [3.05, 3.63) is 47.3 Å². The second-order valence-electron chi connectivity index (χ2n) is 4.83.